The van der Waals surface area contributed by atoms with E-state index in [1.54, 1.807) is 24.3 Å². The maximum Gasteiger partial charge on any atom is 0.239 e. The van der Waals surface area contributed by atoms with Crippen LogP contribution < -0.4 is 5.32 Å². The highest BCUT2D eigenvalue weighted by Crippen LogP contribution is 2.20. The zero-order valence-corrected chi connectivity index (χ0v) is 15.1. The van der Waals surface area contributed by atoms with Crippen molar-refractivity contribution in [2.45, 2.75) is 0 Å². The predicted octanol–water partition coefficient (Wildman–Crippen LogP) is 0.872. The molecule has 0 unspecified atom stereocenters. The summed E-state index contributed by atoms with van der Waals surface area (Å²) in [5.74, 6) is -0.421. The number of rotatable bonds is 7. The van der Waals surface area contributed by atoms with E-state index in [2.05, 4.69) is 10.2 Å². The highest BCUT2D eigenvalue weighted by Gasteiger charge is 2.22. The number of carbonyl (C=O) groups is 1. The third-order valence-electron chi connectivity index (χ3n) is 3.71. The van der Waals surface area contributed by atoms with Crippen LogP contribution in [0, 0.1) is 0 Å². The van der Waals surface area contributed by atoms with E-state index in [0.717, 1.165) is 19.3 Å². The molecule has 1 N–H and O–H groups in total. The summed E-state index contributed by atoms with van der Waals surface area (Å²) < 4.78 is 30.3. The number of anilines is 1. The fraction of sp³-hybridized carbons (Fsp3) is 0.533. The van der Waals surface area contributed by atoms with E-state index < -0.39 is 15.9 Å². The lowest BCUT2D eigenvalue weighted by molar-refractivity contribution is -0.116. The first-order valence-corrected chi connectivity index (χ1v) is 9.88. The van der Waals surface area contributed by atoms with Crippen LogP contribution in [0.2, 0.25) is 5.02 Å². The molecule has 1 aliphatic rings. The molecule has 24 heavy (non-hydrogen) atoms. The summed E-state index contributed by atoms with van der Waals surface area (Å²) >= 11 is 5.99. The highest BCUT2D eigenvalue weighted by atomic mass is 35.5. The minimum atomic E-state index is -3.48. The molecule has 0 saturated carbocycles. The van der Waals surface area contributed by atoms with Crippen molar-refractivity contribution < 1.29 is 17.9 Å². The van der Waals surface area contributed by atoms with Gasteiger partial charge in [-0.15, -0.1) is 0 Å². The predicted molar refractivity (Wildman–Crippen MR) is 93.8 cm³/mol. The molecule has 134 valence electrons. The van der Waals surface area contributed by atoms with Crippen molar-refractivity contribution in [3.05, 3.63) is 29.3 Å². The van der Waals surface area contributed by atoms with Gasteiger partial charge in [-0.05, 0) is 12.1 Å². The molecule has 1 heterocycles. The van der Waals surface area contributed by atoms with Crippen molar-refractivity contribution in [1.82, 2.24) is 9.21 Å². The van der Waals surface area contributed by atoms with Gasteiger partial charge in [0.05, 0.1) is 36.7 Å². The normalized spacial score (nSPS) is 16.3. The lowest BCUT2D eigenvalue weighted by Gasteiger charge is -2.29. The minimum absolute atomic E-state index is 0.242. The Hall–Kier alpha value is -1.19. The molecule has 0 radical (unpaired) electrons. The fourth-order valence-corrected chi connectivity index (χ4v) is 3.30. The van der Waals surface area contributed by atoms with E-state index in [0.29, 0.717) is 30.5 Å². The van der Waals surface area contributed by atoms with E-state index >= 15 is 0 Å². The van der Waals surface area contributed by atoms with Gasteiger partial charge in [-0.1, -0.05) is 23.7 Å². The van der Waals surface area contributed by atoms with Gasteiger partial charge in [0.15, 0.2) is 0 Å². The number of ether oxygens (including phenoxy) is 1. The number of amides is 1. The van der Waals surface area contributed by atoms with Gasteiger partial charge in [-0.2, -0.15) is 4.31 Å². The molecule has 1 aromatic carbocycles. The van der Waals surface area contributed by atoms with Crippen LogP contribution in [0.4, 0.5) is 5.69 Å². The third kappa shape index (κ3) is 6.03. The van der Waals surface area contributed by atoms with Crippen LogP contribution in [0.3, 0.4) is 0 Å². The SMILES string of the molecule is CS(=O)(=O)N(CCN1CCOCC1)CC(=O)Nc1ccccc1Cl. The van der Waals surface area contributed by atoms with Crippen molar-refractivity contribution in [3.8, 4) is 0 Å². The molecule has 0 aliphatic carbocycles. The second kappa shape index (κ2) is 8.77. The van der Waals surface area contributed by atoms with Crippen LogP contribution in [0.5, 0.6) is 0 Å². The Morgan fingerprint density at radius 2 is 2.00 bits per heavy atom. The number of para-hydroxylation sites is 1. The first-order chi connectivity index (χ1) is 11.4. The molecule has 0 aromatic heterocycles. The van der Waals surface area contributed by atoms with E-state index in [4.69, 9.17) is 16.3 Å². The van der Waals surface area contributed by atoms with Crippen molar-refractivity contribution in [2.75, 3.05) is 57.5 Å². The molecular weight excluding hydrogens is 354 g/mol. The van der Waals surface area contributed by atoms with Crippen LogP contribution >= 0.6 is 11.6 Å². The molecule has 9 heteroatoms. The van der Waals surface area contributed by atoms with Crippen molar-refractivity contribution in [3.63, 3.8) is 0 Å². The minimum Gasteiger partial charge on any atom is -0.379 e. The summed E-state index contributed by atoms with van der Waals surface area (Å²) in [6, 6.07) is 6.82. The molecule has 0 atom stereocenters. The topological polar surface area (TPSA) is 79.0 Å². The Bertz CT molecular complexity index is 662. The number of hydrogen-bond acceptors (Lipinski definition) is 5. The summed E-state index contributed by atoms with van der Waals surface area (Å²) in [6.45, 7) is 3.41. The first kappa shape index (κ1) is 19.1. The number of hydrogen-bond donors (Lipinski definition) is 1. The number of carbonyl (C=O) groups excluding carboxylic acids is 1. The number of nitrogens with zero attached hydrogens (tertiary/aromatic N) is 2. The van der Waals surface area contributed by atoms with Crippen LogP contribution in [-0.4, -0.2) is 75.7 Å². The summed E-state index contributed by atoms with van der Waals surface area (Å²) in [4.78, 5) is 14.3. The molecule has 1 amide bonds. The van der Waals surface area contributed by atoms with Crippen LogP contribution in [-0.2, 0) is 19.6 Å². The van der Waals surface area contributed by atoms with E-state index in [1.807, 2.05) is 0 Å². The van der Waals surface area contributed by atoms with Gasteiger partial charge in [0.1, 0.15) is 0 Å². The zero-order valence-electron chi connectivity index (χ0n) is 13.6. The molecular formula is C15H22ClN3O4S. The van der Waals surface area contributed by atoms with Gasteiger partial charge < -0.3 is 10.1 Å². The zero-order chi connectivity index (χ0) is 17.6. The van der Waals surface area contributed by atoms with E-state index in [9.17, 15) is 13.2 Å². The Balaban J connectivity index is 1.93. The first-order valence-electron chi connectivity index (χ1n) is 7.66. The number of benzene rings is 1. The molecule has 0 spiro atoms. The summed E-state index contributed by atoms with van der Waals surface area (Å²) in [6.07, 6.45) is 1.11. The molecule has 1 saturated heterocycles. The third-order valence-corrected chi connectivity index (χ3v) is 5.29. The van der Waals surface area contributed by atoms with Crippen molar-refractivity contribution in [2.24, 2.45) is 0 Å². The Morgan fingerprint density at radius 3 is 2.62 bits per heavy atom. The maximum atomic E-state index is 12.2. The van der Waals surface area contributed by atoms with Crippen LogP contribution in [0.1, 0.15) is 0 Å². The van der Waals surface area contributed by atoms with Crippen molar-refractivity contribution >= 4 is 33.2 Å². The number of nitrogens with one attached hydrogen (secondary N) is 1. The second-order valence-corrected chi connectivity index (χ2v) is 7.97. The molecule has 1 aliphatic heterocycles. The number of morpholine rings is 1. The Kier molecular flexibility index (Phi) is 7.00. The van der Waals surface area contributed by atoms with Gasteiger partial charge in [0.2, 0.25) is 15.9 Å². The highest BCUT2D eigenvalue weighted by molar-refractivity contribution is 7.88. The van der Waals surface area contributed by atoms with E-state index in [-0.39, 0.29) is 13.1 Å². The summed E-state index contributed by atoms with van der Waals surface area (Å²) in [5, 5.41) is 3.05. The second-order valence-electron chi connectivity index (χ2n) is 5.58. The molecule has 1 aromatic rings. The number of sulfonamides is 1. The average Bonchev–Trinajstić information content (AvgIpc) is 2.53. The molecule has 0 bridgehead atoms. The summed E-state index contributed by atoms with van der Waals surface area (Å²) in [5.41, 5.74) is 0.464. The van der Waals surface area contributed by atoms with Crippen molar-refractivity contribution in [1.29, 1.82) is 0 Å². The average molecular weight is 376 g/mol. The van der Waals surface area contributed by atoms with Crippen LogP contribution in [0.25, 0.3) is 0 Å². The largest absolute Gasteiger partial charge is 0.379 e. The Labute approximate surface area is 147 Å². The lowest BCUT2D eigenvalue weighted by Crippen LogP contribution is -2.45. The Morgan fingerprint density at radius 1 is 1.33 bits per heavy atom. The monoisotopic (exact) mass is 375 g/mol. The van der Waals surface area contributed by atoms with Gasteiger partial charge >= 0.3 is 0 Å². The molecule has 7 nitrogen and oxygen atoms in total. The standard InChI is InChI=1S/C15H22ClN3O4S/c1-24(21,22)19(7-6-18-8-10-23-11-9-18)12-15(20)17-14-5-3-2-4-13(14)16/h2-5H,6-12H2,1H3,(H,17,20). The summed E-state index contributed by atoms with van der Waals surface area (Å²) in [7, 11) is -3.48. The molecule has 1 fully saturated rings. The van der Waals surface area contributed by atoms with Gasteiger partial charge in [0.25, 0.3) is 0 Å². The maximum absolute atomic E-state index is 12.2. The van der Waals surface area contributed by atoms with Gasteiger partial charge in [0, 0.05) is 26.2 Å². The lowest BCUT2D eigenvalue weighted by atomic mass is 10.3. The van der Waals surface area contributed by atoms with Gasteiger partial charge in [-0.25, -0.2) is 8.42 Å². The smallest absolute Gasteiger partial charge is 0.239 e. The van der Waals surface area contributed by atoms with Gasteiger partial charge in [-0.3, -0.25) is 9.69 Å². The van der Waals surface area contributed by atoms with E-state index in [1.165, 1.54) is 4.31 Å². The van der Waals surface area contributed by atoms with Crippen LogP contribution in [0.15, 0.2) is 24.3 Å². The molecule has 2 rings (SSSR count). The quantitative estimate of drug-likeness (QED) is 0.765. The fourth-order valence-electron chi connectivity index (χ4n) is 2.35. The number of halogens is 1.